The molecule has 1 aromatic heterocycles. The minimum absolute atomic E-state index is 0.146. The molecule has 0 spiro atoms. The van der Waals surface area contributed by atoms with Crippen molar-refractivity contribution in [1.29, 1.82) is 5.26 Å². The van der Waals surface area contributed by atoms with E-state index in [-0.39, 0.29) is 6.61 Å². The van der Waals surface area contributed by atoms with E-state index >= 15 is 0 Å². The second-order valence-corrected chi connectivity index (χ2v) is 7.03. The maximum Gasteiger partial charge on any atom is 0.214 e. The number of thioether (sulfide) groups is 1. The topological polar surface area (TPSA) is 96.8 Å². The van der Waals surface area contributed by atoms with Crippen LogP contribution in [0.3, 0.4) is 0 Å². The van der Waals surface area contributed by atoms with Gasteiger partial charge in [-0.25, -0.2) is 0 Å². The molecule has 7 nitrogen and oxygen atoms in total. The quantitative estimate of drug-likeness (QED) is 0.579. The third-order valence-corrected chi connectivity index (χ3v) is 4.88. The molecule has 2 aromatic carbocycles. The zero-order valence-corrected chi connectivity index (χ0v) is 15.8. The highest BCUT2D eigenvalue weighted by atomic mass is 35.5. The number of nitrogens with zero attached hydrogens (tertiary/aromatic N) is 5. The zero-order chi connectivity index (χ0) is 19.1. The van der Waals surface area contributed by atoms with E-state index in [9.17, 15) is 5.11 Å². The summed E-state index contributed by atoms with van der Waals surface area (Å²) in [7, 11) is 0. The second kappa shape index (κ2) is 9.37. The summed E-state index contributed by atoms with van der Waals surface area (Å²) in [6.45, 7) is 0.146. The molecule has 0 fully saturated rings. The molecule has 9 heteroatoms. The Morgan fingerprint density at radius 2 is 1.93 bits per heavy atom. The largest absolute Gasteiger partial charge is 0.491 e. The molecule has 0 saturated heterocycles. The van der Waals surface area contributed by atoms with Gasteiger partial charge in [-0.1, -0.05) is 35.5 Å². The number of aliphatic hydroxyl groups is 1. The highest BCUT2D eigenvalue weighted by Gasteiger charge is 2.13. The molecule has 138 valence electrons. The first-order chi connectivity index (χ1) is 13.2. The molecule has 0 saturated carbocycles. The molecule has 0 aliphatic heterocycles. The Bertz CT molecular complexity index is 909. The van der Waals surface area contributed by atoms with E-state index in [1.54, 1.807) is 28.9 Å². The van der Waals surface area contributed by atoms with Gasteiger partial charge in [-0.2, -0.15) is 9.94 Å². The van der Waals surface area contributed by atoms with Gasteiger partial charge in [-0.15, -0.1) is 5.10 Å². The summed E-state index contributed by atoms with van der Waals surface area (Å²) in [5, 5.41) is 31.7. The molecule has 27 heavy (non-hydrogen) atoms. The van der Waals surface area contributed by atoms with Crippen molar-refractivity contribution >= 4 is 23.4 Å². The third kappa shape index (κ3) is 5.44. The molecular weight excluding hydrogens is 386 g/mol. The van der Waals surface area contributed by atoms with Crippen molar-refractivity contribution in [2.45, 2.75) is 17.7 Å². The molecule has 0 aliphatic rings. The maximum atomic E-state index is 10.2. The summed E-state index contributed by atoms with van der Waals surface area (Å²) in [5.74, 6) is 1.02. The lowest BCUT2D eigenvalue weighted by molar-refractivity contribution is 0.126. The van der Waals surface area contributed by atoms with Gasteiger partial charge in [0.2, 0.25) is 5.16 Å². The fraction of sp³-hybridized carbons (Fsp3) is 0.222. The van der Waals surface area contributed by atoms with E-state index in [1.807, 2.05) is 24.3 Å². The Kier molecular flexibility index (Phi) is 6.65. The Labute approximate surface area is 165 Å². The minimum atomic E-state index is -0.691. The van der Waals surface area contributed by atoms with Crippen LogP contribution in [0.25, 0.3) is 5.69 Å². The Balaban J connectivity index is 1.51. The summed E-state index contributed by atoms with van der Waals surface area (Å²) < 4.78 is 7.17. The normalized spacial score (nSPS) is 11.7. The first-order valence-corrected chi connectivity index (χ1v) is 9.46. The van der Waals surface area contributed by atoms with Crippen LogP contribution in [-0.4, -0.2) is 43.8 Å². The molecule has 0 aliphatic carbocycles. The lowest BCUT2D eigenvalue weighted by atomic mass is 10.2. The smallest absolute Gasteiger partial charge is 0.214 e. The molecule has 0 bridgehead atoms. The number of hydrogen-bond acceptors (Lipinski definition) is 7. The predicted molar refractivity (Wildman–Crippen MR) is 102 cm³/mol. The molecular formula is C18H16ClN5O2S. The van der Waals surface area contributed by atoms with Crippen LogP contribution in [0.1, 0.15) is 5.56 Å². The molecule has 3 rings (SSSR count). The summed E-state index contributed by atoms with van der Waals surface area (Å²) in [4.78, 5) is 0. The summed E-state index contributed by atoms with van der Waals surface area (Å²) in [6.07, 6.45) is -0.328. The van der Waals surface area contributed by atoms with E-state index in [4.69, 9.17) is 21.6 Å². The van der Waals surface area contributed by atoms with Crippen molar-refractivity contribution in [3.63, 3.8) is 0 Å². The number of halogens is 1. The van der Waals surface area contributed by atoms with Crippen LogP contribution in [0, 0.1) is 11.3 Å². The molecule has 0 unspecified atom stereocenters. The van der Waals surface area contributed by atoms with E-state index in [0.29, 0.717) is 28.1 Å². The van der Waals surface area contributed by atoms with Crippen LogP contribution in [0.5, 0.6) is 5.75 Å². The van der Waals surface area contributed by atoms with Gasteiger partial charge in [0.15, 0.2) is 0 Å². The van der Waals surface area contributed by atoms with Gasteiger partial charge in [0, 0.05) is 10.8 Å². The summed E-state index contributed by atoms with van der Waals surface area (Å²) >= 11 is 7.23. The van der Waals surface area contributed by atoms with E-state index < -0.39 is 6.10 Å². The fourth-order valence-electron chi connectivity index (χ4n) is 2.22. The minimum Gasteiger partial charge on any atom is -0.491 e. The van der Waals surface area contributed by atoms with Gasteiger partial charge in [0.05, 0.1) is 24.3 Å². The van der Waals surface area contributed by atoms with Crippen molar-refractivity contribution in [3.8, 4) is 17.5 Å². The highest BCUT2D eigenvalue weighted by molar-refractivity contribution is 7.99. The van der Waals surface area contributed by atoms with Crippen LogP contribution in [0.2, 0.25) is 5.02 Å². The van der Waals surface area contributed by atoms with Crippen molar-refractivity contribution in [3.05, 3.63) is 59.1 Å². The van der Waals surface area contributed by atoms with Crippen molar-refractivity contribution in [2.24, 2.45) is 0 Å². The van der Waals surface area contributed by atoms with Crippen LogP contribution in [-0.2, 0) is 6.42 Å². The monoisotopic (exact) mass is 401 g/mol. The number of rotatable bonds is 8. The van der Waals surface area contributed by atoms with E-state index in [0.717, 1.165) is 11.3 Å². The summed E-state index contributed by atoms with van der Waals surface area (Å²) in [5.41, 5.74) is 1.71. The van der Waals surface area contributed by atoms with Gasteiger partial charge in [-0.05, 0) is 52.4 Å². The molecule has 1 heterocycles. The average Bonchev–Trinajstić information content (AvgIpc) is 3.15. The Hall–Kier alpha value is -2.60. The Morgan fingerprint density at radius 1 is 1.19 bits per heavy atom. The van der Waals surface area contributed by atoms with Crippen molar-refractivity contribution < 1.29 is 9.84 Å². The van der Waals surface area contributed by atoms with E-state index in [2.05, 4.69) is 21.6 Å². The van der Waals surface area contributed by atoms with E-state index in [1.165, 1.54) is 11.8 Å². The van der Waals surface area contributed by atoms with Gasteiger partial charge in [0.1, 0.15) is 12.4 Å². The third-order valence-electron chi connectivity index (χ3n) is 3.57. The molecule has 0 amide bonds. The fourth-order valence-corrected chi connectivity index (χ4v) is 3.14. The standard InChI is InChI=1S/C18H16ClN5O2S/c19-14-3-5-15(6-4-14)24-18(21-22-23-24)27-12-16(25)11-26-17-7-1-13(2-8-17)9-10-20/h1-8,16,25H,9,11-12H2/t16-/m1/s1. The van der Waals surface area contributed by atoms with Crippen LogP contribution in [0.4, 0.5) is 0 Å². The predicted octanol–water partition coefficient (Wildman–Crippen LogP) is 2.91. The van der Waals surface area contributed by atoms with Crippen LogP contribution in [0.15, 0.2) is 53.7 Å². The Morgan fingerprint density at radius 3 is 2.63 bits per heavy atom. The molecule has 3 aromatic rings. The number of ether oxygens (including phenoxy) is 1. The van der Waals surface area contributed by atoms with Gasteiger partial charge < -0.3 is 9.84 Å². The maximum absolute atomic E-state index is 10.2. The number of aromatic nitrogens is 4. The first kappa shape index (κ1) is 19.2. The van der Waals surface area contributed by atoms with Crippen molar-refractivity contribution in [1.82, 2.24) is 20.2 Å². The lowest BCUT2D eigenvalue weighted by Gasteiger charge is -2.12. The lowest BCUT2D eigenvalue weighted by Crippen LogP contribution is -2.20. The number of nitriles is 1. The van der Waals surface area contributed by atoms with Gasteiger partial charge in [-0.3, -0.25) is 0 Å². The second-order valence-electron chi connectivity index (χ2n) is 5.60. The number of benzene rings is 2. The van der Waals surface area contributed by atoms with Gasteiger partial charge >= 0.3 is 0 Å². The first-order valence-electron chi connectivity index (χ1n) is 8.09. The van der Waals surface area contributed by atoms with Crippen LogP contribution < -0.4 is 4.74 Å². The number of hydrogen-bond donors (Lipinski definition) is 1. The van der Waals surface area contributed by atoms with Crippen molar-refractivity contribution in [2.75, 3.05) is 12.4 Å². The highest BCUT2D eigenvalue weighted by Crippen LogP contribution is 2.21. The number of tetrazole rings is 1. The molecule has 1 N–H and O–H groups in total. The van der Waals surface area contributed by atoms with Gasteiger partial charge in [0.25, 0.3) is 0 Å². The van der Waals surface area contributed by atoms with Crippen LogP contribution >= 0.6 is 23.4 Å². The SMILES string of the molecule is N#CCc1ccc(OC[C@@H](O)CSc2nnnn2-c2ccc(Cl)cc2)cc1. The molecule has 1 atom stereocenters. The average molecular weight is 402 g/mol. The number of aliphatic hydroxyl groups excluding tert-OH is 1. The summed E-state index contributed by atoms with van der Waals surface area (Å²) in [6, 6.07) is 16.5. The zero-order valence-electron chi connectivity index (χ0n) is 14.2. The molecule has 0 radical (unpaired) electrons.